The fourth-order valence-corrected chi connectivity index (χ4v) is 3.11. The van der Waals surface area contributed by atoms with Crippen LogP contribution in [0.15, 0.2) is 30.3 Å². The van der Waals surface area contributed by atoms with Crippen LogP contribution in [-0.2, 0) is 11.3 Å². The van der Waals surface area contributed by atoms with Gasteiger partial charge in [-0.25, -0.2) is 4.39 Å². The summed E-state index contributed by atoms with van der Waals surface area (Å²) < 4.78 is 14.7. The zero-order chi connectivity index (χ0) is 12.8. The monoisotopic (exact) mass is 248 g/mol. The number of alkyl halides is 1. The van der Waals surface area contributed by atoms with Crippen LogP contribution in [0, 0.1) is 5.92 Å². The molecule has 2 heterocycles. The van der Waals surface area contributed by atoms with Crippen molar-refractivity contribution in [3.05, 3.63) is 35.9 Å². The smallest absolute Gasteiger partial charge is 0.261 e. The summed E-state index contributed by atoms with van der Waals surface area (Å²) in [6, 6.07) is 10.0. The van der Waals surface area contributed by atoms with Crippen LogP contribution < -0.4 is 0 Å². The number of benzene rings is 1. The summed E-state index contributed by atoms with van der Waals surface area (Å²) >= 11 is 0. The van der Waals surface area contributed by atoms with Gasteiger partial charge in [0.25, 0.3) is 5.91 Å². The van der Waals surface area contributed by atoms with Crippen LogP contribution in [-0.4, -0.2) is 48.1 Å². The second-order valence-electron chi connectivity index (χ2n) is 5.40. The van der Waals surface area contributed by atoms with Crippen LogP contribution in [0.4, 0.5) is 4.39 Å². The van der Waals surface area contributed by atoms with E-state index in [-0.39, 0.29) is 18.4 Å². The Morgan fingerprint density at radius 3 is 2.72 bits per heavy atom. The van der Waals surface area contributed by atoms with Crippen LogP contribution in [0.5, 0.6) is 0 Å². The molecule has 1 aromatic carbocycles. The normalized spacial score (nSPS) is 32.0. The van der Waals surface area contributed by atoms with E-state index < -0.39 is 5.67 Å². The summed E-state index contributed by atoms with van der Waals surface area (Å²) in [6.07, 6.45) is 0. The molecule has 4 heteroatoms. The van der Waals surface area contributed by atoms with Gasteiger partial charge in [-0.2, -0.15) is 0 Å². The molecule has 3 nitrogen and oxygen atoms in total. The van der Waals surface area contributed by atoms with Crippen molar-refractivity contribution >= 4 is 5.91 Å². The van der Waals surface area contributed by atoms with E-state index in [0.717, 1.165) is 6.54 Å². The number of carbonyl (C=O) groups excluding carboxylic acids is 1. The molecular formula is C14H17FN2O. The number of fused-ring (bicyclic) bond motifs is 1. The molecule has 0 N–H and O–H groups in total. The van der Waals surface area contributed by atoms with Gasteiger partial charge in [0.1, 0.15) is 0 Å². The van der Waals surface area contributed by atoms with Crippen LogP contribution >= 0.6 is 0 Å². The molecule has 3 rings (SSSR count). The van der Waals surface area contributed by atoms with E-state index in [0.29, 0.717) is 13.1 Å². The maximum absolute atomic E-state index is 14.7. The van der Waals surface area contributed by atoms with Gasteiger partial charge < -0.3 is 4.90 Å². The van der Waals surface area contributed by atoms with Gasteiger partial charge in [-0.1, -0.05) is 30.3 Å². The van der Waals surface area contributed by atoms with Crippen LogP contribution in [0.2, 0.25) is 0 Å². The van der Waals surface area contributed by atoms with Crippen molar-refractivity contribution in [1.29, 1.82) is 0 Å². The molecule has 96 valence electrons. The summed E-state index contributed by atoms with van der Waals surface area (Å²) in [6.45, 7) is 2.16. The molecule has 1 amide bonds. The Morgan fingerprint density at radius 1 is 1.33 bits per heavy atom. The molecule has 2 fully saturated rings. The Balaban J connectivity index is 1.72. The van der Waals surface area contributed by atoms with Crippen molar-refractivity contribution in [2.45, 2.75) is 12.2 Å². The maximum Gasteiger partial charge on any atom is 0.261 e. The van der Waals surface area contributed by atoms with Crippen molar-refractivity contribution in [1.82, 2.24) is 9.80 Å². The number of hydrogen-bond acceptors (Lipinski definition) is 2. The molecule has 0 aliphatic carbocycles. The first-order valence-corrected chi connectivity index (χ1v) is 6.30. The predicted octanol–water partition coefficient (Wildman–Crippen LogP) is 1.30. The zero-order valence-corrected chi connectivity index (χ0v) is 10.5. The van der Waals surface area contributed by atoms with Crippen LogP contribution in [0.3, 0.4) is 0 Å². The Bertz CT molecular complexity index is 464. The largest absolute Gasteiger partial charge is 0.342 e. The number of amides is 1. The SMILES string of the molecule is CN1C[C@@H]2CN(Cc3ccccc3)C[C@]2(F)C1=O. The molecule has 0 radical (unpaired) electrons. The lowest BCUT2D eigenvalue weighted by Gasteiger charge is -2.20. The van der Waals surface area contributed by atoms with Gasteiger partial charge in [0.05, 0.1) is 0 Å². The first-order valence-electron chi connectivity index (χ1n) is 6.30. The van der Waals surface area contributed by atoms with Gasteiger partial charge in [0.15, 0.2) is 0 Å². The Labute approximate surface area is 106 Å². The summed E-state index contributed by atoms with van der Waals surface area (Å²) in [5, 5.41) is 0. The standard InChI is InChI=1S/C14H17FN2O/c1-16-8-12-9-17(10-14(12,15)13(16)18)7-11-5-3-2-4-6-11/h2-6,12H,7-10H2,1H3/t12-,14-/m1/s1. The van der Waals surface area contributed by atoms with E-state index in [1.54, 1.807) is 7.05 Å². The van der Waals surface area contributed by atoms with Crippen LogP contribution in [0.25, 0.3) is 0 Å². The van der Waals surface area contributed by atoms with Gasteiger partial charge in [0, 0.05) is 39.1 Å². The molecule has 2 aliphatic rings. The van der Waals surface area contributed by atoms with Crippen molar-refractivity contribution in [2.75, 3.05) is 26.7 Å². The van der Waals surface area contributed by atoms with E-state index in [1.165, 1.54) is 10.5 Å². The fourth-order valence-electron chi connectivity index (χ4n) is 3.11. The van der Waals surface area contributed by atoms with Gasteiger partial charge in [-0.3, -0.25) is 9.69 Å². The number of halogens is 1. The van der Waals surface area contributed by atoms with Crippen molar-refractivity contribution in [3.8, 4) is 0 Å². The third-order valence-corrected chi connectivity index (χ3v) is 4.02. The van der Waals surface area contributed by atoms with Crippen molar-refractivity contribution in [2.24, 2.45) is 5.92 Å². The molecule has 2 saturated heterocycles. The lowest BCUT2D eigenvalue weighted by Crippen LogP contribution is -2.40. The average molecular weight is 248 g/mol. The van der Waals surface area contributed by atoms with Gasteiger partial charge in [-0.15, -0.1) is 0 Å². The first-order chi connectivity index (χ1) is 8.59. The van der Waals surface area contributed by atoms with Gasteiger partial charge in [-0.05, 0) is 5.56 Å². The van der Waals surface area contributed by atoms with Gasteiger partial charge in [0.2, 0.25) is 5.67 Å². The Kier molecular flexibility index (Phi) is 2.63. The second kappa shape index (κ2) is 4.05. The highest BCUT2D eigenvalue weighted by atomic mass is 19.1. The van der Waals surface area contributed by atoms with E-state index in [2.05, 4.69) is 0 Å². The summed E-state index contributed by atoms with van der Waals surface area (Å²) in [4.78, 5) is 15.4. The molecule has 1 aromatic rings. The molecule has 0 spiro atoms. The third kappa shape index (κ3) is 1.72. The van der Waals surface area contributed by atoms with Crippen molar-refractivity contribution < 1.29 is 9.18 Å². The van der Waals surface area contributed by atoms with E-state index >= 15 is 0 Å². The topological polar surface area (TPSA) is 23.6 Å². The number of nitrogens with zero attached hydrogens (tertiary/aromatic N) is 2. The minimum absolute atomic E-state index is 0.168. The first kappa shape index (κ1) is 11.7. The molecule has 0 unspecified atom stereocenters. The average Bonchev–Trinajstić information content (AvgIpc) is 2.76. The third-order valence-electron chi connectivity index (χ3n) is 4.02. The molecular weight excluding hydrogens is 231 g/mol. The lowest BCUT2D eigenvalue weighted by atomic mass is 9.97. The zero-order valence-electron chi connectivity index (χ0n) is 10.5. The van der Waals surface area contributed by atoms with Gasteiger partial charge >= 0.3 is 0 Å². The molecule has 2 aliphatic heterocycles. The fraction of sp³-hybridized carbons (Fsp3) is 0.500. The molecule has 0 saturated carbocycles. The molecule has 2 atom stereocenters. The molecule has 18 heavy (non-hydrogen) atoms. The van der Waals surface area contributed by atoms with Crippen LogP contribution in [0.1, 0.15) is 5.56 Å². The summed E-state index contributed by atoms with van der Waals surface area (Å²) in [5.74, 6) is -0.512. The number of hydrogen-bond donors (Lipinski definition) is 0. The highest BCUT2D eigenvalue weighted by Crippen LogP contribution is 2.39. The predicted molar refractivity (Wildman–Crippen MR) is 66.7 cm³/mol. The summed E-state index contributed by atoms with van der Waals surface area (Å²) in [5.41, 5.74) is -0.481. The second-order valence-corrected chi connectivity index (χ2v) is 5.40. The summed E-state index contributed by atoms with van der Waals surface area (Å²) in [7, 11) is 1.68. The maximum atomic E-state index is 14.7. The minimum atomic E-state index is -1.65. The highest BCUT2D eigenvalue weighted by Gasteiger charge is 2.58. The Hall–Kier alpha value is -1.42. The van der Waals surface area contributed by atoms with E-state index in [9.17, 15) is 9.18 Å². The minimum Gasteiger partial charge on any atom is -0.342 e. The number of likely N-dealkylation sites (tertiary alicyclic amines) is 2. The number of rotatable bonds is 2. The van der Waals surface area contributed by atoms with E-state index in [4.69, 9.17) is 0 Å². The quantitative estimate of drug-likeness (QED) is 0.787. The lowest BCUT2D eigenvalue weighted by molar-refractivity contribution is -0.136. The Morgan fingerprint density at radius 2 is 2.06 bits per heavy atom. The molecule has 0 bridgehead atoms. The van der Waals surface area contributed by atoms with Crippen molar-refractivity contribution in [3.63, 3.8) is 0 Å². The number of carbonyl (C=O) groups is 1. The highest BCUT2D eigenvalue weighted by molar-refractivity contribution is 5.88. The van der Waals surface area contributed by atoms with E-state index in [1.807, 2.05) is 35.2 Å². The molecule has 0 aromatic heterocycles.